The monoisotopic (exact) mass is 323 g/mol. The summed E-state index contributed by atoms with van der Waals surface area (Å²) >= 11 is 0. The fourth-order valence-corrected chi connectivity index (χ4v) is 3.80. The van der Waals surface area contributed by atoms with Gasteiger partial charge in [-0.3, -0.25) is 0 Å². The van der Waals surface area contributed by atoms with Gasteiger partial charge in [0.1, 0.15) is 11.9 Å². The van der Waals surface area contributed by atoms with E-state index in [1.54, 1.807) is 0 Å². The van der Waals surface area contributed by atoms with E-state index in [0.717, 1.165) is 44.6 Å². The summed E-state index contributed by atoms with van der Waals surface area (Å²) in [6.45, 7) is 3.54. The third-order valence-corrected chi connectivity index (χ3v) is 5.01. The standard InChI is InChI=1S/C18H21N5O/c1-12-20-18(24-22-12)14-6-4-8-23(11-14)17-15(10-19)9-13-5-2-3-7-16(13)21-17/h9,14H,2-8,11H2,1H3. The van der Waals surface area contributed by atoms with Gasteiger partial charge in [0.25, 0.3) is 0 Å². The molecule has 0 spiro atoms. The Morgan fingerprint density at radius 1 is 1.25 bits per heavy atom. The van der Waals surface area contributed by atoms with E-state index in [1.807, 2.05) is 6.92 Å². The Balaban J connectivity index is 1.64. The Labute approximate surface area is 141 Å². The van der Waals surface area contributed by atoms with Crippen LogP contribution in [0.3, 0.4) is 0 Å². The molecule has 6 nitrogen and oxygen atoms in total. The van der Waals surface area contributed by atoms with Crippen LogP contribution in [-0.2, 0) is 12.8 Å². The number of aryl methyl sites for hydroxylation is 3. The highest BCUT2D eigenvalue weighted by Crippen LogP contribution is 2.32. The molecule has 4 rings (SSSR count). The lowest BCUT2D eigenvalue weighted by atomic mass is 9.94. The number of nitriles is 1. The summed E-state index contributed by atoms with van der Waals surface area (Å²) in [5.74, 6) is 2.42. The fourth-order valence-electron chi connectivity index (χ4n) is 3.80. The van der Waals surface area contributed by atoms with Crippen molar-refractivity contribution in [2.75, 3.05) is 18.0 Å². The molecule has 2 aliphatic rings. The number of pyridine rings is 1. The minimum atomic E-state index is 0.212. The lowest BCUT2D eigenvalue weighted by Crippen LogP contribution is -2.36. The average molecular weight is 323 g/mol. The Hall–Kier alpha value is -2.42. The molecular formula is C18H21N5O. The summed E-state index contributed by atoms with van der Waals surface area (Å²) in [6.07, 6.45) is 6.52. The maximum Gasteiger partial charge on any atom is 0.231 e. The number of anilines is 1. The second-order valence-corrected chi connectivity index (χ2v) is 6.75. The molecule has 1 aliphatic heterocycles. The molecular weight excluding hydrogens is 302 g/mol. The van der Waals surface area contributed by atoms with Crippen molar-refractivity contribution in [3.63, 3.8) is 0 Å². The molecule has 0 bridgehead atoms. The van der Waals surface area contributed by atoms with E-state index in [2.05, 4.69) is 27.2 Å². The topological polar surface area (TPSA) is 78.8 Å². The highest BCUT2D eigenvalue weighted by Gasteiger charge is 2.28. The zero-order valence-corrected chi connectivity index (χ0v) is 14.0. The van der Waals surface area contributed by atoms with Crippen molar-refractivity contribution in [1.29, 1.82) is 5.26 Å². The summed E-state index contributed by atoms with van der Waals surface area (Å²) in [6, 6.07) is 4.40. The highest BCUT2D eigenvalue weighted by molar-refractivity contribution is 5.57. The highest BCUT2D eigenvalue weighted by atomic mass is 16.5. The first-order valence-corrected chi connectivity index (χ1v) is 8.72. The number of hydrogen-bond donors (Lipinski definition) is 0. The molecule has 0 amide bonds. The average Bonchev–Trinajstić information content (AvgIpc) is 3.07. The normalized spacial score (nSPS) is 20.5. The number of nitrogens with zero attached hydrogens (tertiary/aromatic N) is 5. The number of hydrogen-bond acceptors (Lipinski definition) is 6. The Kier molecular flexibility index (Phi) is 3.93. The van der Waals surface area contributed by atoms with Gasteiger partial charge in [-0.1, -0.05) is 5.16 Å². The van der Waals surface area contributed by atoms with Gasteiger partial charge in [-0.05, 0) is 57.1 Å². The van der Waals surface area contributed by atoms with Crippen LogP contribution in [-0.4, -0.2) is 28.2 Å². The van der Waals surface area contributed by atoms with Crippen molar-refractivity contribution in [1.82, 2.24) is 15.1 Å². The van der Waals surface area contributed by atoms with Gasteiger partial charge in [0.15, 0.2) is 5.82 Å². The first kappa shape index (κ1) is 15.1. The fraction of sp³-hybridized carbons (Fsp3) is 0.556. The molecule has 0 saturated carbocycles. The van der Waals surface area contributed by atoms with Crippen LogP contribution in [0, 0.1) is 18.3 Å². The van der Waals surface area contributed by atoms with Crippen LogP contribution in [0.15, 0.2) is 10.6 Å². The molecule has 124 valence electrons. The van der Waals surface area contributed by atoms with Crippen molar-refractivity contribution >= 4 is 5.82 Å². The van der Waals surface area contributed by atoms with E-state index in [0.29, 0.717) is 17.3 Å². The summed E-state index contributed by atoms with van der Waals surface area (Å²) in [7, 11) is 0. The van der Waals surface area contributed by atoms with Gasteiger partial charge in [0.05, 0.1) is 11.5 Å². The predicted molar refractivity (Wildman–Crippen MR) is 88.8 cm³/mol. The molecule has 0 aromatic carbocycles. The molecule has 1 saturated heterocycles. The molecule has 0 radical (unpaired) electrons. The van der Waals surface area contributed by atoms with Crippen molar-refractivity contribution in [3.8, 4) is 6.07 Å². The summed E-state index contributed by atoms with van der Waals surface area (Å²) in [5, 5.41) is 13.5. The molecule has 3 heterocycles. The van der Waals surface area contributed by atoms with Gasteiger partial charge in [-0.2, -0.15) is 10.2 Å². The van der Waals surface area contributed by atoms with Crippen LogP contribution < -0.4 is 4.90 Å². The van der Waals surface area contributed by atoms with E-state index < -0.39 is 0 Å². The Morgan fingerprint density at radius 2 is 2.12 bits per heavy atom. The molecule has 24 heavy (non-hydrogen) atoms. The molecule has 1 atom stereocenters. The third kappa shape index (κ3) is 2.75. The van der Waals surface area contributed by atoms with Crippen molar-refractivity contribution in [2.45, 2.75) is 51.4 Å². The molecule has 6 heteroatoms. The lowest BCUT2D eigenvalue weighted by molar-refractivity contribution is 0.331. The number of piperidine rings is 1. The van der Waals surface area contributed by atoms with Crippen molar-refractivity contribution in [3.05, 3.63) is 34.6 Å². The molecule has 2 aromatic heterocycles. The SMILES string of the molecule is Cc1noc(C2CCCN(c3nc4c(cc3C#N)CCCC4)C2)n1. The Bertz CT molecular complexity index is 791. The minimum Gasteiger partial charge on any atom is -0.355 e. The number of fused-ring (bicyclic) bond motifs is 1. The smallest absolute Gasteiger partial charge is 0.231 e. The lowest BCUT2D eigenvalue weighted by Gasteiger charge is -2.33. The van der Waals surface area contributed by atoms with E-state index >= 15 is 0 Å². The van der Waals surface area contributed by atoms with Gasteiger partial charge < -0.3 is 9.42 Å². The quantitative estimate of drug-likeness (QED) is 0.845. The summed E-state index contributed by atoms with van der Waals surface area (Å²) in [4.78, 5) is 11.5. The van der Waals surface area contributed by atoms with Crippen LogP contribution in [0.2, 0.25) is 0 Å². The van der Waals surface area contributed by atoms with Gasteiger partial charge >= 0.3 is 0 Å². The first-order chi connectivity index (χ1) is 11.7. The summed E-state index contributed by atoms with van der Waals surface area (Å²) < 4.78 is 5.36. The van der Waals surface area contributed by atoms with Gasteiger partial charge in [-0.15, -0.1) is 0 Å². The van der Waals surface area contributed by atoms with Crippen LogP contribution in [0.1, 0.15) is 60.1 Å². The molecule has 1 fully saturated rings. The molecule has 1 aliphatic carbocycles. The molecule has 2 aromatic rings. The minimum absolute atomic E-state index is 0.212. The van der Waals surface area contributed by atoms with Gasteiger partial charge in [0, 0.05) is 18.8 Å². The zero-order valence-electron chi connectivity index (χ0n) is 14.0. The van der Waals surface area contributed by atoms with E-state index in [4.69, 9.17) is 9.51 Å². The second-order valence-electron chi connectivity index (χ2n) is 6.75. The van der Waals surface area contributed by atoms with E-state index in [9.17, 15) is 5.26 Å². The summed E-state index contributed by atoms with van der Waals surface area (Å²) in [5.41, 5.74) is 3.12. The largest absolute Gasteiger partial charge is 0.355 e. The maximum atomic E-state index is 9.58. The Morgan fingerprint density at radius 3 is 2.92 bits per heavy atom. The first-order valence-electron chi connectivity index (χ1n) is 8.72. The van der Waals surface area contributed by atoms with Crippen LogP contribution >= 0.6 is 0 Å². The van der Waals surface area contributed by atoms with Crippen LogP contribution in [0.25, 0.3) is 0 Å². The molecule has 0 N–H and O–H groups in total. The van der Waals surface area contributed by atoms with E-state index in [-0.39, 0.29) is 5.92 Å². The zero-order chi connectivity index (χ0) is 16.5. The van der Waals surface area contributed by atoms with Crippen molar-refractivity contribution < 1.29 is 4.52 Å². The molecule has 1 unspecified atom stereocenters. The van der Waals surface area contributed by atoms with Gasteiger partial charge in [-0.25, -0.2) is 4.98 Å². The van der Waals surface area contributed by atoms with Crippen LogP contribution in [0.5, 0.6) is 0 Å². The van der Waals surface area contributed by atoms with E-state index in [1.165, 1.54) is 24.1 Å². The van der Waals surface area contributed by atoms with Crippen molar-refractivity contribution in [2.24, 2.45) is 0 Å². The number of aromatic nitrogens is 3. The third-order valence-electron chi connectivity index (χ3n) is 5.01. The number of rotatable bonds is 2. The van der Waals surface area contributed by atoms with Crippen LogP contribution in [0.4, 0.5) is 5.82 Å². The maximum absolute atomic E-state index is 9.58. The predicted octanol–water partition coefficient (Wildman–Crippen LogP) is 2.91. The van der Waals surface area contributed by atoms with Gasteiger partial charge in [0.2, 0.25) is 5.89 Å². The second kappa shape index (κ2) is 6.23.